The average Bonchev–Trinajstić information content (AvgIpc) is 3.20. The van der Waals surface area contributed by atoms with E-state index >= 15 is 0 Å². The molecule has 0 saturated carbocycles. The zero-order chi connectivity index (χ0) is 15.8. The molecule has 2 aromatic heterocycles. The van der Waals surface area contributed by atoms with Crippen LogP contribution in [0.15, 0.2) is 29.1 Å². The van der Waals surface area contributed by atoms with E-state index in [4.69, 9.17) is 23.2 Å². The van der Waals surface area contributed by atoms with Crippen molar-refractivity contribution in [1.82, 2.24) is 24.6 Å². The van der Waals surface area contributed by atoms with Gasteiger partial charge in [0, 0.05) is 25.0 Å². The molecular weight excluding hydrogens is 353 g/mol. The van der Waals surface area contributed by atoms with E-state index in [1.54, 1.807) is 17.4 Å². The van der Waals surface area contributed by atoms with E-state index in [-0.39, 0.29) is 0 Å². The van der Waals surface area contributed by atoms with E-state index in [2.05, 4.69) is 24.6 Å². The Labute approximate surface area is 147 Å². The largest absolute Gasteiger partial charge is 0.307 e. The Morgan fingerprint density at radius 3 is 2.91 bits per heavy atom. The molecule has 3 aromatic rings. The summed E-state index contributed by atoms with van der Waals surface area (Å²) in [6, 6.07) is 5.74. The quantitative estimate of drug-likeness (QED) is 0.709. The van der Waals surface area contributed by atoms with Crippen LogP contribution in [0.5, 0.6) is 0 Å². The van der Waals surface area contributed by atoms with Crippen LogP contribution in [0, 0.1) is 0 Å². The highest BCUT2D eigenvalue weighted by Gasteiger charge is 2.23. The molecule has 0 amide bonds. The molecule has 1 aromatic carbocycles. The molecule has 1 aliphatic heterocycles. The maximum absolute atomic E-state index is 6.29. The van der Waals surface area contributed by atoms with Gasteiger partial charge < -0.3 is 4.57 Å². The van der Waals surface area contributed by atoms with Crippen LogP contribution in [0.25, 0.3) is 11.5 Å². The van der Waals surface area contributed by atoms with Crippen LogP contribution in [-0.2, 0) is 19.6 Å². The number of rotatable bonds is 3. The smallest absolute Gasteiger partial charge is 0.183 e. The monoisotopic (exact) mass is 365 g/mol. The van der Waals surface area contributed by atoms with Crippen molar-refractivity contribution in [1.29, 1.82) is 0 Å². The SMILES string of the molecule is Clc1cccc(CN2CCn3c(nnc3-c3cscn3)C2)c1Cl. The van der Waals surface area contributed by atoms with Gasteiger partial charge in [-0.1, -0.05) is 35.3 Å². The Balaban J connectivity index is 1.55. The lowest BCUT2D eigenvalue weighted by atomic mass is 10.2. The summed E-state index contributed by atoms with van der Waals surface area (Å²) in [5.74, 6) is 1.80. The van der Waals surface area contributed by atoms with Crippen molar-refractivity contribution in [2.75, 3.05) is 6.54 Å². The molecule has 0 saturated heterocycles. The van der Waals surface area contributed by atoms with Gasteiger partial charge in [-0.05, 0) is 11.6 Å². The second kappa shape index (κ2) is 6.20. The summed E-state index contributed by atoms with van der Waals surface area (Å²) in [5, 5.41) is 11.8. The lowest BCUT2D eigenvalue weighted by molar-refractivity contribution is 0.209. The van der Waals surface area contributed by atoms with Gasteiger partial charge in [0.05, 0.1) is 22.1 Å². The maximum atomic E-state index is 6.29. The van der Waals surface area contributed by atoms with Crippen molar-refractivity contribution < 1.29 is 0 Å². The zero-order valence-electron chi connectivity index (χ0n) is 12.1. The Morgan fingerprint density at radius 1 is 1.17 bits per heavy atom. The van der Waals surface area contributed by atoms with Gasteiger partial charge in [0.1, 0.15) is 11.5 Å². The fraction of sp³-hybridized carbons (Fsp3) is 0.267. The minimum absolute atomic E-state index is 0.593. The first-order valence-corrected chi connectivity index (χ1v) is 8.88. The van der Waals surface area contributed by atoms with Gasteiger partial charge in [0.25, 0.3) is 0 Å². The number of thiazole rings is 1. The molecule has 0 aliphatic carbocycles. The van der Waals surface area contributed by atoms with Gasteiger partial charge >= 0.3 is 0 Å². The highest BCUT2D eigenvalue weighted by atomic mass is 35.5. The van der Waals surface area contributed by atoms with Gasteiger partial charge in [-0.25, -0.2) is 4.98 Å². The predicted molar refractivity (Wildman–Crippen MR) is 91.7 cm³/mol. The first kappa shape index (κ1) is 15.1. The number of aromatic nitrogens is 4. The van der Waals surface area contributed by atoms with Gasteiger partial charge in [-0.15, -0.1) is 21.5 Å². The molecule has 8 heteroatoms. The Bertz CT molecular complexity index is 831. The van der Waals surface area contributed by atoms with Crippen LogP contribution in [0.1, 0.15) is 11.4 Å². The molecule has 3 heterocycles. The molecule has 118 valence electrons. The van der Waals surface area contributed by atoms with E-state index < -0.39 is 0 Å². The summed E-state index contributed by atoms with van der Waals surface area (Å²) in [4.78, 5) is 6.62. The molecule has 0 fully saturated rings. The Kier molecular flexibility index (Phi) is 4.07. The molecular formula is C15H13Cl2N5S. The number of benzene rings is 1. The van der Waals surface area contributed by atoms with Crippen molar-refractivity contribution in [3.05, 3.63) is 50.5 Å². The summed E-state index contributed by atoms with van der Waals surface area (Å²) in [6.07, 6.45) is 0. The van der Waals surface area contributed by atoms with Crippen LogP contribution in [0.3, 0.4) is 0 Å². The number of nitrogens with zero attached hydrogens (tertiary/aromatic N) is 5. The minimum Gasteiger partial charge on any atom is -0.307 e. The van der Waals surface area contributed by atoms with Crippen LogP contribution < -0.4 is 0 Å². The molecule has 0 spiro atoms. The highest BCUT2D eigenvalue weighted by molar-refractivity contribution is 7.07. The van der Waals surface area contributed by atoms with Gasteiger partial charge in [-0.3, -0.25) is 4.90 Å². The van der Waals surface area contributed by atoms with Crippen molar-refractivity contribution >= 4 is 34.5 Å². The van der Waals surface area contributed by atoms with Crippen molar-refractivity contribution in [2.24, 2.45) is 0 Å². The molecule has 5 nitrogen and oxygen atoms in total. The van der Waals surface area contributed by atoms with E-state index in [0.29, 0.717) is 10.0 Å². The summed E-state index contributed by atoms with van der Waals surface area (Å²) in [5.41, 5.74) is 3.74. The third-order valence-electron chi connectivity index (χ3n) is 3.92. The number of fused-ring (bicyclic) bond motifs is 1. The van der Waals surface area contributed by atoms with E-state index in [1.807, 2.05) is 23.0 Å². The fourth-order valence-corrected chi connectivity index (χ4v) is 3.68. The van der Waals surface area contributed by atoms with Gasteiger partial charge in [0.2, 0.25) is 0 Å². The first-order valence-electron chi connectivity index (χ1n) is 7.18. The molecule has 0 N–H and O–H groups in total. The predicted octanol–water partition coefficient (Wildman–Crippen LogP) is 3.72. The summed E-state index contributed by atoms with van der Waals surface area (Å²) < 4.78 is 2.14. The summed E-state index contributed by atoms with van der Waals surface area (Å²) >= 11 is 13.9. The second-order valence-electron chi connectivity index (χ2n) is 5.39. The molecule has 0 radical (unpaired) electrons. The van der Waals surface area contributed by atoms with Crippen molar-refractivity contribution in [2.45, 2.75) is 19.6 Å². The minimum atomic E-state index is 0.593. The maximum Gasteiger partial charge on any atom is 0.183 e. The molecule has 0 unspecified atom stereocenters. The molecule has 4 rings (SSSR count). The summed E-state index contributed by atoms with van der Waals surface area (Å²) in [6.45, 7) is 3.23. The third kappa shape index (κ3) is 2.87. The number of hydrogen-bond donors (Lipinski definition) is 0. The van der Waals surface area contributed by atoms with E-state index in [9.17, 15) is 0 Å². The summed E-state index contributed by atoms with van der Waals surface area (Å²) in [7, 11) is 0. The Hall–Kier alpha value is -1.47. The van der Waals surface area contributed by atoms with Gasteiger partial charge in [0.15, 0.2) is 5.82 Å². The fourth-order valence-electron chi connectivity index (χ4n) is 2.77. The number of halogens is 2. The third-order valence-corrected chi connectivity index (χ3v) is 5.36. The van der Waals surface area contributed by atoms with Crippen LogP contribution in [-0.4, -0.2) is 31.2 Å². The van der Waals surface area contributed by atoms with E-state index in [0.717, 1.165) is 49.1 Å². The molecule has 0 bridgehead atoms. The average molecular weight is 366 g/mol. The zero-order valence-corrected chi connectivity index (χ0v) is 14.4. The first-order chi connectivity index (χ1) is 11.2. The normalized spacial score (nSPS) is 14.9. The molecule has 23 heavy (non-hydrogen) atoms. The van der Waals surface area contributed by atoms with Crippen molar-refractivity contribution in [3.63, 3.8) is 0 Å². The Morgan fingerprint density at radius 2 is 2.09 bits per heavy atom. The van der Waals surface area contributed by atoms with E-state index in [1.165, 1.54) is 0 Å². The lowest BCUT2D eigenvalue weighted by Crippen LogP contribution is -2.33. The molecule has 0 atom stereocenters. The van der Waals surface area contributed by atoms with Crippen LogP contribution >= 0.6 is 34.5 Å². The van der Waals surface area contributed by atoms with Gasteiger partial charge in [-0.2, -0.15) is 0 Å². The van der Waals surface area contributed by atoms with Crippen molar-refractivity contribution in [3.8, 4) is 11.5 Å². The lowest BCUT2D eigenvalue weighted by Gasteiger charge is -2.27. The second-order valence-corrected chi connectivity index (χ2v) is 6.89. The highest BCUT2D eigenvalue weighted by Crippen LogP contribution is 2.28. The molecule has 1 aliphatic rings. The number of hydrogen-bond acceptors (Lipinski definition) is 5. The standard InChI is InChI=1S/C15H13Cl2N5S/c16-11-3-1-2-10(14(11)17)6-21-4-5-22-13(7-21)19-20-15(22)12-8-23-9-18-12/h1-3,8-9H,4-7H2. The van der Waals surface area contributed by atoms with Crippen LogP contribution in [0.4, 0.5) is 0 Å². The topological polar surface area (TPSA) is 46.8 Å². The van der Waals surface area contributed by atoms with Crippen LogP contribution in [0.2, 0.25) is 10.0 Å².